The van der Waals surface area contributed by atoms with Crippen molar-refractivity contribution in [1.82, 2.24) is 0 Å². The van der Waals surface area contributed by atoms with Crippen LogP contribution in [0.15, 0.2) is 42.5 Å². The predicted octanol–water partition coefficient (Wildman–Crippen LogP) is 4.21. The highest BCUT2D eigenvalue weighted by atomic mass is 32.1. The van der Waals surface area contributed by atoms with E-state index in [2.05, 4.69) is 54.8 Å². The summed E-state index contributed by atoms with van der Waals surface area (Å²) in [6.07, 6.45) is 1.01. The zero-order valence-electron chi connectivity index (χ0n) is 8.73. The van der Waals surface area contributed by atoms with Gasteiger partial charge >= 0.3 is 0 Å². The summed E-state index contributed by atoms with van der Waals surface area (Å²) in [6.45, 7) is 2.14. The quantitative estimate of drug-likeness (QED) is 0.688. The van der Waals surface area contributed by atoms with Crippen LogP contribution in [0.4, 0.5) is 0 Å². The van der Waals surface area contributed by atoms with E-state index >= 15 is 0 Å². The van der Waals surface area contributed by atoms with Crippen LogP contribution >= 0.6 is 12.2 Å². The Hall–Kier alpha value is -1.21. The first-order valence-corrected chi connectivity index (χ1v) is 5.63. The minimum Gasteiger partial charge on any atom is -0.0830 e. The number of rotatable bonds is 3. The number of hydrogen-bond donors (Lipinski definition) is 0. The molecule has 2 aromatic rings. The van der Waals surface area contributed by atoms with E-state index in [1.165, 1.54) is 16.3 Å². The van der Waals surface area contributed by atoms with E-state index in [1.807, 2.05) is 0 Å². The molecule has 1 atom stereocenters. The summed E-state index contributed by atoms with van der Waals surface area (Å²) >= 11 is 4.97. The van der Waals surface area contributed by atoms with E-state index in [0.29, 0.717) is 0 Å². The fourth-order valence-electron chi connectivity index (χ4n) is 1.92. The Bertz CT molecular complexity index is 468. The van der Waals surface area contributed by atoms with Crippen molar-refractivity contribution in [2.24, 2.45) is 0 Å². The highest BCUT2D eigenvalue weighted by molar-refractivity contribution is 7.79. The van der Waals surface area contributed by atoms with Crippen molar-refractivity contribution in [2.75, 3.05) is 0 Å². The van der Waals surface area contributed by atoms with E-state index in [0.717, 1.165) is 6.42 Å². The molecule has 0 nitrogen and oxygen atoms in total. The zero-order valence-corrected chi connectivity index (χ0v) is 9.55. The molecule has 15 heavy (non-hydrogen) atoms. The molecule has 0 spiro atoms. The monoisotopic (exact) mass is 213 g/mol. The van der Waals surface area contributed by atoms with E-state index < -0.39 is 0 Å². The maximum absolute atomic E-state index is 4.97. The molecule has 0 fully saturated rings. The van der Waals surface area contributed by atoms with Crippen LogP contribution in [0, 0.1) is 0 Å². The Balaban J connectivity index is 2.64. The third-order valence-corrected chi connectivity index (χ3v) is 3.03. The molecule has 0 heterocycles. The van der Waals surface area contributed by atoms with Crippen molar-refractivity contribution >= 4 is 28.4 Å². The predicted molar refractivity (Wildman–Crippen MR) is 69.6 cm³/mol. The van der Waals surface area contributed by atoms with Crippen molar-refractivity contribution in [3.05, 3.63) is 48.0 Å². The Morgan fingerprint density at radius 1 is 1.13 bits per heavy atom. The van der Waals surface area contributed by atoms with E-state index in [-0.39, 0.29) is 5.92 Å². The molecule has 1 heteroatoms. The van der Waals surface area contributed by atoms with E-state index in [1.54, 1.807) is 0 Å². The van der Waals surface area contributed by atoms with Crippen molar-refractivity contribution in [2.45, 2.75) is 19.3 Å². The van der Waals surface area contributed by atoms with Crippen molar-refractivity contribution < 1.29 is 0 Å². The first-order valence-electron chi connectivity index (χ1n) is 5.22. The highest BCUT2D eigenvalue weighted by Gasteiger charge is 2.09. The van der Waals surface area contributed by atoms with Crippen LogP contribution in [0.25, 0.3) is 10.8 Å². The molecule has 0 aliphatic carbocycles. The summed E-state index contributed by atoms with van der Waals surface area (Å²) in [6, 6.07) is 14.8. The van der Waals surface area contributed by atoms with Gasteiger partial charge in [-0.1, -0.05) is 61.6 Å². The van der Waals surface area contributed by atoms with Gasteiger partial charge in [-0.15, -0.1) is 0 Å². The second-order valence-corrected chi connectivity index (χ2v) is 3.88. The molecular weight excluding hydrogens is 200 g/mol. The lowest BCUT2D eigenvalue weighted by atomic mass is 9.93. The van der Waals surface area contributed by atoms with Crippen LogP contribution in [-0.4, -0.2) is 5.37 Å². The van der Waals surface area contributed by atoms with Gasteiger partial charge in [0, 0.05) is 11.3 Å². The fourth-order valence-corrected chi connectivity index (χ4v) is 2.21. The highest BCUT2D eigenvalue weighted by Crippen LogP contribution is 2.26. The Morgan fingerprint density at radius 2 is 1.87 bits per heavy atom. The summed E-state index contributed by atoms with van der Waals surface area (Å²) in [5.41, 5.74) is 1.30. The third kappa shape index (κ3) is 1.93. The molecule has 2 aromatic carbocycles. The lowest BCUT2D eigenvalue weighted by Crippen LogP contribution is -1.97. The average molecular weight is 213 g/mol. The first-order chi connectivity index (χ1) is 7.36. The molecule has 2 rings (SSSR count). The lowest BCUT2D eigenvalue weighted by molar-refractivity contribution is 0.874. The minimum atomic E-state index is 0.270. The molecule has 0 aliphatic heterocycles. The van der Waals surface area contributed by atoms with Crippen LogP contribution in [0.3, 0.4) is 0 Å². The normalized spacial score (nSPS) is 12.6. The van der Waals surface area contributed by atoms with Gasteiger partial charge in [0.15, 0.2) is 0 Å². The first kappa shape index (κ1) is 10.3. The summed E-state index contributed by atoms with van der Waals surface area (Å²) < 4.78 is 0. The smallest absolute Gasteiger partial charge is 0.0372 e. The number of thiocarbonyl (C=S) groups is 1. The SMILES string of the molecule is CCC([C]=S)c1cccc2ccccc12. The fraction of sp³-hybridized carbons (Fsp3) is 0.214. The van der Waals surface area contributed by atoms with Gasteiger partial charge in [0.05, 0.1) is 0 Å². The third-order valence-electron chi connectivity index (χ3n) is 2.75. The average Bonchev–Trinajstić information content (AvgIpc) is 2.31. The Labute approximate surface area is 95.9 Å². The van der Waals surface area contributed by atoms with Crippen LogP contribution in [0.2, 0.25) is 0 Å². The van der Waals surface area contributed by atoms with Crippen LogP contribution < -0.4 is 0 Å². The summed E-state index contributed by atoms with van der Waals surface area (Å²) in [4.78, 5) is 0. The Morgan fingerprint density at radius 3 is 2.60 bits per heavy atom. The van der Waals surface area contributed by atoms with Crippen molar-refractivity contribution in [3.63, 3.8) is 0 Å². The summed E-state index contributed by atoms with van der Waals surface area (Å²) in [5, 5.41) is 5.52. The number of hydrogen-bond acceptors (Lipinski definition) is 1. The largest absolute Gasteiger partial charge is 0.0830 e. The van der Waals surface area contributed by atoms with E-state index in [9.17, 15) is 0 Å². The van der Waals surface area contributed by atoms with Crippen molar-refractivity contribution in [3.8, 4) is 0 Å². The van der Waals surface area contributed by atoms with Gasteiger partial charge in [-0.3, -0.25) is 0 Å². The number of benzene rings is 2. The van der Waals surface area contributed by atoms with Gasteiger partial charge in [0.25, 0.3) is 0 Å². The molecule has 0 saturated carbocycles. The minimum absolute atomic E-state index is 0.270. The van der Waals surface area contributed by atoms with Crippen LogP contribution in [-0.2, 0) is 0 Å². The molecule has 1 unspecified atom stereocenters. The van der Waals surface area contributed by atoms with Gasteiger partial charge in [-0.25, -0.2) is 0 Å². The summed E-state index contributed by atoms with van der Waals surface area (Å²) in [7, 11) is 0. The molecule has 0 amide bonds. The van der Waals surface area contributed by atoms with Gasteiger partial charge < -0.3 is 0 Å². The molecule has 0 bridgehead atoms. The zero-order chi connectivity index (χ0) is 10.7. The summed E-state index contributed by atoms with van der Waals surface area (Å²) in [5.74, 6) is 0.270. The lowest BCUT2D eigenvalue weighted by Gasteiger charge is -2.11. The molecule has 0 N–H and O–H groups in total. The molecule has 0 saturated heterocycles. The van der Waals surface area contributed by atoms with Crippen LogP contribution in [0.5, 0.6) is 0 Å². The molecule has 1 radical (unpaired) electrons. The van der Waals surface area contributed by atoms with Gasteiger partial charge in [0.1, 0.15) is 0 Å². The molecule has 75 valence electrons. The van der Waals surface area contributed by atoms with Gasteiger partial charge in [-0.2, -0.15) is 0 Å². The van der Waals surface area contributed by atoms with Crippen LogP contribution in [0.1, 0.15) is 24.8 Å². The molecule has 0 aromatic heterocycles. The Kier molecular flexibility index (Phi) is 3.12. The maximum Gasteiger partial charge on any atom is 0.0372 e. The maximum atomic E-state index is 4.97. The molecular formula is C14H13S. The molecule has 0 aliphatic rings. The number of fused-ring (bicyclic) bond motifs is 1. The van der Waals surface area contributed by atoms with E-state index in [4.69, 9.17) is 12.2 Å². The van der Waals surface area contributed by atoms with Gasteiger partial charge in [-0.05, 0) is 22.8 Å². The second kappa shape index (κ2) is 4.54. The second-order valence-electron chi connectivity index (χ2n) is 3.65. The van der Waals surface area contributed by atoms with Gasteiger partial charge in [0.2, 0.25) is 0 Å². The standard InChI is InChI=1S/C14H13S/c1-2-11(10-15)13-9-5-7-12-6-3-4-8-14(12)13/h3-9,11H,2H2,1H3. The topological polar surface area (TPSA) is 0 Å². The van der Waals surface area contributed by atoms with Crippen molar-refractivity contribution in [1.29, 1.82) is 0 Å².